The number of carbonyl (C=O) groups is 2. The van der Waals surface area contributed by atoms with Crippen LogP contribution in [0.3, 0.4) is 0 Å². The van der Waals surface area contributed by atoms with Gasteiger partial charge in [-0.3, -0.25) is 9.59 Å². The van der Waals surface area contributed by atoms with Gasteiger partial charge in [0.05, 0.1) is 25.4 Å². The molecular formula is C68H111NO10. The van der Waals surface area contributed by atoms with Crippen molar-refractivity contribution in [2.45, 2.75) is 269 Å². The molecule has 1 heterocycles. The first kappa shape index (κ1) is 72.8. The van der Waals surface area contributed by atoms with Gasteiger partial charge >= 0.3 is 5.97 Å². The van der Waals surface area contributed by atoms with E-state index in [-0.39, 0.29) is 19.4 Å². The summed E-state index contributed by atoms with van der Waals surface area (Å²) in [6.45, 7) is 5.48. The van der Waals surface area contributed by atoms with Crippen LogP contribution >= 0.6 is 0 Å². The van der Waals surface area contributed by atoms with Crippen LogP contribution < -0.4 is 5.32 Å². The van der Waals surface area contributed by atoms with E-state index in [4.69, 9.17) is 14.2 Å². The van der Waals surface area contributed by atoms with Crippen molar-refractivity contribution in [1.82, 2.24) is 5.32 Å². The first-order valence-corrected chi connectivity index (χ1v) is 31.0. The third kappa shape index (κ3) is 42.3. The lowest BCUT2D eigenvalue weighted by atomic mass is 9.99. The van der Waals surface area contributed by atoms with Crippen molar-refractivity contribution in [1.29, 1.82) is 0 Å². The predicted molar refractivity (Wildman–Crippen MR) is 328 cm³/mol. The molecule has 0 saturated carbocycles. The van der Waals surface area contributed by atoms with Crippen molar-refractivity contribution in [3.05, 3.63) is 134 Å². The summed E-state index contributed by atoms with van der Waals surface area (Å²) in [5.41, 5.74) is 0. The Hall–Kier alpha value is -4.20. The SMILES string of the molecule is CC/C=C\C/C=C\C/C=C\C/C=C\C/C=C\CCCCCCCCCC(=O)OC1C(OCC(NC(=O)C(O)CCCC/C=C/C=C\C=C/C=C/C=C/CC)C(O)/C=C/CCCCCCCCCCCCC)OC(CO)C(O)C1O. The topological polar surface area (TPSA) is 175 Å². The number of unbranched alkanes of at least 4 members (excludes halogenated alkanes) is 20. The highest BCUT2D eigenvalue weighted by Crippen LogP contribution is 2.26. The maximum absolute atomic E-state index is 13.4. The van der Waals surface area contributed by atoms with E-state index < -0.39 is 67.4 Å². The van der Waals surface area contributed by atoms with Gasteiger partial charge in [0.1, 0.15) is 24.4 Å². The number of allylic oxidation sites excluding steroid dienone is 21. The second-order valence-electron chi connectivity index (χ2n) is 20.8. The van der Waals surface area contributed by atoms with E-state index in [0.717, 1.165) is 122 Å². The van der Waals surface area contributed by atoms with Crippen LogP contribution in [-0.2, 0) is 23.8 Å². The number of aliphatic hydroxyl groups is 5. The van der Waals surface area contributed by atoms with Gasteiger partial charge < -0.3 is 45.1 Å². The third-order valence-electron chi connectivity index (χ3n) is 13.7. The molecule has 1 aliphatic rings. The van der Waals surface area contributed by atoms with Gasteiger partial charge in [-0.15, -0.1) is 0 Å². The minimum Gasteiger partial charge on any atom is -0.454 e. The van der Waals surface area contributed by atoms with Crippen molar-refractivity contribution in [3.63, 3.8) is 0 Å². The number of hydrogen-bond donors (Lipinski definition) is 6. The maximum atomic E-state index is 13.4. The fraction of sp³-hybridized carbons (Fsp3) is 0.647. The molecule has 0 aromatic heterocycles. The summed E-state index contributed by atoms with van der Waals surface area (Å²) in [5.74, 6) is -1.26. The van der Waals surface area contributed by atoms with Crippen LogP contribution in [0.25, 0.3) is 0 Å². The molecule has 0 bridgehead atoms. The molecule has 0 radical (unpaired) electrons. The molecule has 1 fully saturated rings. The predicted octanol–water partition coefficient (Wildman–Crippen LogP) is 14.8. The molecule has 0 spiro atoms. The number of nitrogens with one attached hydrogen (secondary N) is 1. The van der Waals surface area contributed by atoms with Crippen LogP contribution in [0.1, 0.15) is 220 Å². The number of hydrogen-bond acceptors (Lipinski definition) is 10. The van der Waals surface area contributed by atoms with Gasteiger partial charge in [-0.1, -0.05) is 257 Å². The highest BCUT2D eigenvalue weighted by atomic mass is 16.7. The molecule has 8 unspecified atom stereocenters. The quantitative estimate of drug-likeness (QED) is 0.0149. The fourth-order valence-electron chi connectivity index (χ4n) is 8.82. The summed E-state index contributed by atoms with van der Waals surface area (Å²) in [7, 11) is 0. The monoisotopic (exact) mass is 1100 g/mol. The van der Waals surface area contributed by atoms with Gasteiger partial charge in [0.2, 0.25) is 5.91 Å². The minimum atomic E-state index is -1.64. The van der Waals surface area contributed by atoms with Gasteiger partial charge in [-0.2, -0.15) is 0 Å². The van der Waals surface area contributed by atoms with E-state index in [1.54, 1.807) is 6.08 Å². The molecule has 1 rings (SSSR count). The van der Waals surface area contributed by atoms with Crippen molar-refractivity contribution in [2.24, 2.45) is 0 Å². The van der Waals surface area contributed by atoms with E-state index in [9.17, 15) is 35.1 Å². The molecule has 6 N–H and O–H groups in total. The number of ether oxygens (including phenoxy) is 3. The third-order valence-corrected chi connectivity index (χ3v) is 13.7. The first-order chi connectivity index (χ1) is 38.7. The van der Waals surface area contributed by atoms with Crippen molar-refractivity contribution >= 4 is 11.9 Å². The lowest BCUT2D eigenvalue weighted by Gasteiger charge is -2.41. The zero-order valence-corrected chi connectivity index (χ0v) is 49.4. The van der Waals surface area contributed by atoms with Crippen molar-refractivity contribution in [3.8, 4) is 0 Å². The van der Waals surface area contributed by atoms with E-state index in [1.807, 2.05) is 60.8 Å². The molecule has 8 atom stereocenters. The van der Waals surface area contributed by atoms with Crippen LogP contribution in [0.5, 0.6) is 0 Å². The Morgan fingerprint density at radius 3 is 1.52 bits per heavy atom. The van der Waals surface area contributed by atoms with Gasteiger partial charge in [-0.05, 0) is 89.9 Å². The Bertz CT molecular complexity index is 1790. The number of amides is 1. The number of carbonyl (C=O) groups excluding carboxylic acids is 2. The molecule has 0 aliphatic carbocycles. The molecule has 79 heavy (non-hydrogen) atoms. The van der Waals surface area contributed by atoms with Crippen molar-refractivity contribution in [2.75, 3.05) is 13.2 Å². The summed E-state index contributed by atoms with van der Waals surface area (Å²) in [6, 6.07) is -1.06. The largest absolute Gasteiger partial charge is 0.454 e. The Balaban J connectivity index is 2.70. The van der Waals surface area contributed by atoms with E-state index in [0.29, 0.717) is 12.8 Å². The lowest BCUT2D eigenvalue weighted by molar-refractivity contribution is -0.305. The minimum absolute atomic E-state index is 0.0965. The summed E-state index contributed by atoms with van der Waals surface area (Å²) in [5, 5.41) is 56.9. The molecule has 1 saturated heterocycles. The number of rotatable bonds is 50. The van der Waals surface area contributed by atoms with E-state index >= 15 is 0 Å². The highest BCUT2D eigenvalue weighted by molar-refractivity contribution is 5.80. The molecule has 1 aliphatic heterocycles. The smallest absolute Gasteiger partial charge is 0.306 e. The van der Waals surface area contributed by atoms with Crippen LogP contribution in [0.4, 0.5) is 0 Å². The Kier molecular flexibility index (Phi) is 50.1. The summed E-state index contributed by atoms with van der Waals surface area (Å²) < 4.78 is 17.6. The summed E-state index contributed by atoms with van der Waals surface area (Å²) >= 11 is 0. The van der Waals surface area contributed by atoms with Gasteiger partial charge in [0.25, 0.3) is 0 Å². The zero-order valence-electron chi connectivity index (χ0n) is 49.4. The standard InChI is InChI=1S/C68H111NO10/c1-4-7-10-13-16-19-22-25-27-28-29-30-31-32-33-34-35-38-41-44-47-50-53-56-63(73)79-66-65(75)64(74)62(57-70)78-68(66)77-58-59(60(71)54-51-48-45-42-39-36-24-21-18-15-12-9-6-3)69-67(76)61(72)55-52-49-46-43-40-37-26-23-20-17-14-11-8-5-2/h7-8,10-11,14,16-17,19-20,23,25-27,29-30,32-33,37,40,43,51,54,59-62,64-66,68,70-72,74-75H,4-6,9,12-13,15,18,21-22,24,28,31,34-36,38-39,41-42,44-50,52-53,55-58H2,1-3H3,(H,69,76)/b10-7-,11-8+,17-14+,19-16-,23-20-,27-25-,30-29-,33-32-,37-26-,43-40+,54-51+. The average Bonchev–Trinajstić information content (AvgIpc) is 3.50. The second-order valence-corrected chi connectivity index (χ2v) is 20.8. The number of esters is 1. The summed E-state index contributed by atoms with van der Waals surface area (Å²) in [6.07, 6.45) is 66.3. The highest BCUT2D eigenvalue weighted by Gasteiger charge is 2.47. The molecular weight excluding hydrogens is 991 g/mol. The molecule has 0 aromatic carbocycles. The average molecular weight is 1100 g/mol. The zero-order chi connectivity index (χ0) is 57.5. The van der Waals surface area contributed by atoms with Crippen molar-refractivity contribution < 1.29 is 49.3 Å². The molecule has 448 valence electrons. The van der Waals surface area contributed by atoms with Gasteiger partial charge in [0, 0.05) is 6.42 Å². The van der Waals surface area contributed by atoms with Crippen LogP contribution in [0, 0.1) is 0 Å². The second kappa shape index (κ2) is 54.4. The van der Waals surface area contributed by atoms with Crippen LogP contribution in [0.2, 0.25) is 0 Å². The van der Waals surface area contributed by atoms with Crippen LogP contribution in [0.15, 0.2) is 134 Å². The lowest BCUT2D eigenvalue weighted by Crippen LogP contribution is -2.61. The summed E-state index contributed by atoms with van der Waals surface area (Å²) in [4.78, 5) is 26.5. The number of aliphatic hydroxyl groups excluding tert-OH is 5. The van der Waals surface area contributed by atoms with Crippen LogP contribution in [-0.4, -0.2) is 99.6 Å². The molecule has 11 nitrogen and oxygen atoms in total. The normalized spacial score (nSPS) is 19.8. The van der Waals surface area contributed by atoms with E-state index in [1.165, 1.54) is 51.4 Å². The Labute approximate surface area is 480 Å². The fourth-order valence-corrected chi connectivity index (χ4v) is 8.82. The molecule has 1 amide bonds. The van der Waals surface area contributed by atoms with Gasteiger partial charge in [-0.25, -0.2) is 0 Å². The van der Waals surface area contributed by atoms with E-state index in [2.05, 4.69) is 92.9 Å². The van der Waals surface area contributed by atoms with Gasteiger partial charge in [0.15, 0.2) is 12.4 Å². The Morgan fingerprint density at radius 2 is 0.975 bits per heavy atom. The molecule has 11 heteroatoms. The first-order valence-electron chi connectivity index (χ1n) is 31.0. The molecule has 0 aromatic rings. The maximum Gasteiger partial charge on any atom is 0.306 e. The Morgan fingerprint density at radius 1 is 0.519 bits per heavy atom.